The van der Waals surface area contributed by atoms with Gasteiger partial charge in [0.15, 0.2) is 4.34 Å². The van der Waals surface area contributed by atoms with Crippen molar-refractivity contribution in [1.82, 2.24) is 10.3 Å². The second-order valence-corrected chi connectivity index (χ2v) is 8.04. The molecule has 1 atom stereocenters. The number of benzene rings is 1. The maximum Gasteiger partial charge on any atom is 0.230 e. The number of ether oxygens (including phenoxy) is 1. The van der Waals surface area contributed by atoms with Crippen LogP contribution in [-0.4, -0.2) is 41.8 Å². The first-order chi connectivity index (χ1) is 12.1. The summed E-state index contributed by atoms with van der Waals surface area (Å²) in [5.74, 6) is 0.323. The van der Waals surface area contributed by atoms with Gasteiger partial charge in [0.25, 0.3) is 0 Å². The molecule has 1 fully saturated rings. The lowest BCUT2D eigenvalue weighted by molar-refractivity contribution is -0.119. The van der Waals surface area contributed by atoms with E-state index in [1.807, 2.05) is 25.1 Å². The highest BCUT2D eigenvalue weighted by Crippen LogP contribution is 2.31. The van der Waals surface area contributed by atoms with Crippen LogP contribution >= 0.6 is 23.1 Å². The highest BCUT2D eigenvalue weighted by molar-refractivity contribution is 8.01. The second kappa shape index (κ2) is 8.64. The standard InChI is InChI=1S/C17H21N3O3S2/c1-2-15(21)19-11-5-6-13-14(8-11)25-17(20-13)24-10-16(22)18-9-12-4-3-7-23-12/h5-6,8,12H,2-4,7,9-10H2,1H3,(H,18,22)(H,19,21). The van der Waals surface area contributed by atoms with Crippen LogP contribution < -0.4 is 10.6 Å². The van der Waals surface area contributed by atoms with E-state index in [-0.39, 0.29) is 17.9 Å². The third-order valence-electron chi connectivity index (χ3n) is 3.85. The molecule has 1 aromatic heterocycles. The molecule has 1 aromatic carbocycles. The molecule has 8 heteroatoms. The number of aromatic nitrogens is 1. The van der Waals surface area contributed by atoms with Crippen LogP contribution in [0.3, 0.4) is 0 Å². The summed E-state index contributed by atoms with van der Waals surface area (Å²) in [4.78, 5) is 27.9. The molecule has 134 valence electrons. The highest BCUT2D eigenvalue weighted by Gasteiger charge is 2.16. The maximum atomic E-state index is 11.9. The van der Waals surface area contributed by atoms with Crippen LogP contribution in [0.15, 0.2) is 22.5 Å². The lowest BCUT2D eigenvalue weighted by atomic mass is 10.2. The molecule has 1 aliphatic rings. The van der Waals surface area contributed by atoms with Gasteiger partial charge in [0.05, 0.1) is 22.1 Å². The molecule has 0 bridgehead atoms. The zero-order chi connectivity index (χ0) is 17.6. The van der Waals surface area contributed by atoms with Gasteiger partial charge in [0, 0.05) is 25.3 Å². The zero-order valence-electron chi connectivity index (χ0n) is 14.0. The minimum Gasteiger partial charge on any atom is -0.376 e. The smallest absolute Gasteiger partial charge is 0.230 e. The summed E-state index contributed by atoms with van der Waals surface area (Å²) in [6, 6.07) is 5.65. The Morgan fingerprint density at radius 3 is 3.04 bits per heavy atom. The molecule has 25 heavy (non-hydrogen) atoms. The third kappa shape index (κ3) is 5.17. The molecule has 2 aromatic rings. The molecular formula is C17H21N3O3S2. The molecule has 1 aliphatic heterocycles. The lowest BCUT2D eigenvalue weighted by Gasteiger charge is -2.09. The van der Waals surface area contributed by atoms with E-state index < -0.39 is 0 Å². The molecule has 2 N–H and O–H groups in total. The first-order valence-electron chi connectivity index (χ1n) is 8.35. The third-order valence-corrected chi connectivity index (χ3v) is 6.01. The zero-order valence-corrected chi connectivity index (χ0v) is 15.7. The Kier molecular flexibility index (Phi) is 6.28. The van der Waals surface area contributed by atoms with E-state index in [1.165, 1.54) is 23.1 Å². The second-order valence-electron chi connectivity index (χ2n) is 5.79. The number of amides is 2. The van der Waals surface area contributed by atoms with Crippen molar-refractivity contribution in [2.24, 2.45) is 0 Å². The van der Waals surface area contributed by atoms with Gasteiger partial charge in [0.2, 0.25) is 11.8 Å². The average molecular weight is 380 g/mol. The summed E-state index contributed by atoms with van der Waals surface area (Å²) in [6.07, 6.45) is 2.69. The summed E-state index contributed by atoms with van der Waals surface area (Å²) >= 11 is 2.96. The monoisotopic (exact) mass is 379 g/mol. The van der Waals surface area contributed by atoms with Crippen LogP contribution in [0.4, 0.5) is 5.69 Å². The Labute approximate surface area is 154 Å². The average Bonchev–Trinajstić information content (AvgIpc) is 3.26. The summed E-state index contributed by atoms with van der Waals surface area (Å²) in [5.41, 5.74) is 1.65. The fourth-order valence-electron chi connectivity index (χ4n) is 2.50. The molecule has 0 spiro atoms. The largest absolute Gasteiger partial charge is 0.376 e. The fraction of sp³-hybridized carbons (Fsp3) is 0.471. The van der Waals surface area contributed by atoms with E-state index in [9.17, 15) is 9.59 Å². The molecule has 6 nitrogen and oxygen atoms in total. The van der Waals surface area contributed by atoms with E-state index in [1.54, 1.807) is 0 Å². The molecular weight excluding hydrogens is 358 g/mol. The lowest BCUT2D eigenvalue weighted by Crippen LogP contribution is -2.32. The van der Waals surface area contributed by atoms with E-state index in [0.29, 0.717) is 18.7 Å². The minimum absolute atomic E-state index is 0.00402. The van der Waals surface area contributed by atoms with Crippen LogP contribution in [0, 0.1) is 0 Å². The van der Waals surface area contributed by atoms with Crippen LogP contribution in [0.2, 0.25) is 0 Å². The first-order valence-corrected chi connectivity index (χ1v) is 10.2. The Hall–Kier alpha value is -1.64. The van der Waals surface area contributed by atoms with E-state index >= 15 is 0 Å². The molecule has 1 unspecified atom stereocenters. The predicted molar refractivity (Wildman–Crippen MR) is 101 cm³/mol. The molecule has 0 saturated carbocycles. The number of carbonyl (C=O) groups is 2. The molecule has 0 radical (unpaired) electrons. The number of hydrogen-bond donors (Lipinski definition) is 2. The number of nitrogens with zero attached hydrogens (tertiary/aromatic N) is 1. The summed E-state index contributed by atoms with van der Waals surface area (Å²) in [6.45, 7) is 3.20. The van der Waals surface area contributed by atoms with Crippen LogP contribution in [0.5, 0.6) is 0 Å². The number of fused-ring (bicyclic) bond motifs is 1. The normalized spacial score (nSPS) is 16.9. The van der Waals surface area contributed by atoms with Crippen molar-refractivity contribution in [2.45, 2.75) is 36.6 Å². The van der Waals surface area contributed by atoms with Gasteiger partial charge in [-0.15, -0.1) is 11.3 Å². The van der Waals surface area contributed by atoms with Gasteiger partial charge in [-0.1, -0.05) is 18.7 Å². The maximum absolute atomic E-state index is 11.9. The number of rotatable bonds is 7. The van der Waals surface area contributed by atoms with Gasteiger partial charge in [-0.2, -0.15) is 0 Å². The Morgan fingerprint density at radius 1 is 1.40 bits per heavy atom. The minimum atomic E-state index is -0.0126. The number of carbonyl (C=O) groups excluding carboxylic acids is 2. The topological polar surface area (TPSA) is 80.3 Å². The van der Waals surface area contributed by atoms with Crippen LogP contribution in [-0.2, 0) is 14.3 Å². The van der Waals surface area contributed by atoms with Gasteiger partial charge in [0.1, 0.15) is 0 Å². The van der Waals surface area contributed by atoms with Gasteiger partial charge < -0.3 is 15.4 Å². The van der Waals surface area contributed by atoms with Crippen molar-refractivity contribution >= 4 is 50.8 Å². The molecule has 3 rings (SSSR count). The number of thiazole rings is 1. The predicted octanol–water partition coefficient (Wildman–Crippen LogP) is 3.03. The highest BCUT2D eigenvalue weighted by atomic mass is 32.2. The fourth-order valence-corrected chi connectivity index (χ4v) is 4.44. The Bertz CT molecular complexity index is 757. The number of thioether (sulfide) groups is 1. The van der Waals surface area contributed by atoms with Gasteiger partial charge in [-0.05, 0) is 31.0 Å². The van der Waals surface area contributed by atoms with Crippen LogP contribution in [0.1, 0.15) is 26.2 Å². The van der Waals surface area contributed by atoms with Gasteiger partial charge in [-0.25, -0.2) is 4.98 Å². The van der Waals surface area contributed by atoms with Crippen molar-refractivity contribution < 1.29 is 14.3 Å². The summed E-state index contributed by atoms with van der Waals surface area (Å²) in [5, 5.41) is 5.75. The molecule has 2 amide bonds. The number of nitrogens with one attached hydrogen (secondary N) is 2. The van der Waals surface area contributed by atoms with E-state index in [4.69, 9.17) is 4.74 Å². The van der Waals surface area contributed by atoms with E-state index in [2.05, 4.69) is 15.6 Å². The quantitative estimate of drug-likeness (QED) is 0.723. The molecule has 2 heterocycles. The Balaban J connectivity index is 1.52. The summed E-state index contributed by atoms with van der Waals surface area (Å²) in [7, 11) is 0. The van der Waals surface area contributed by atoms with Crippen molar-refractivity contribution in [1.29, 1.82) is 0 Å². The van der Waals surface area contributed by atoms with Crippen molar-refractivity contribution in [3.8, 4) is 0 Å². The first kappa shape index (κ1) is 18.2. The van der Waals surface area contributed by atoms with Gasteiger partial charge in [-0.3, -0.25) is 9.59 Å². The molecule has 0 aliphatic carbocycles. The van der Waals surface area contributed by atoms with Crippen molar-refractivity contribution in [3.63, 3.8) is 0 Å². The van der Waals surface area contributed by atoms with Crippen molar-refractivity contribution in [3.05, 3.63) is 18.2 Å². The number of hydrogen-bond acceptors (Lipinski definition) is 6. The molecule has 1 saturated heterocycles. The summed E-state index contributed by atoms with van der Waals surface area (Å²) < 4.78 is 7.34. The number of anilines is 1. The SMILES string of the molecule is CCC(=O)Nc1ccc2nc(SCC(=O)NCC3CCCO3)sc2c1. The Morgan fingerprint density at radius 2 is 2.28 bits per heavy atom. The van der Waals surface area contributed by atoms with Crippen molar-refractivity contribution in [2.75, 3.05) is 24.2 Å². The van der Waals surface area contributed by atoms with Crippen LogP contribution in [0.25, 0.3) is 10.2 Å². The van der Waals surface area contributed by atoms with Gasteiger partial charge >= 0.3 is 0 Å². The van der Waals surface area contributed by atoms with E-state index in [0.717, 1.165) is 39.7 Å².